The Morgan fingerprint density at radius 2 is 1.82 bits per heavy atom. The molecule has 2 heteroatoms. The second kappa shape index (κ2) is 5.94. The third-order valence-corrected chi connectivity index (χ3v) is 3.78. The lowest BCUT2D eigenvalue weighted by Gasteiger charge is -1.99. The molecule has 2 nitrogen and oxygen atoms in total. The molecular weight excluding hydrogens is 270 g/mol. The van der Waals surface area contributed by atoms with Gasteiger partial charge >= 0.3 is 0 Å². The standard InChI is InChI=1S/C20H18NO/c1-15-5-9-17(10-6-15)20(22)12-8-16-7-11-19-18(14-16)4-3-13-21(19)2/h3-14H,1-2H3/q+1/b12-8+. The molecule has 0 unspecified atom stereocenters. The number of nitrogens with zero attached hydrogens (tertiary/aromatic N) is 1. The molecule has 0 saturated carbocycles. The summed E-state index contributed by atoms with van der Waals surface area (Å²) in [7, 11) is 2.03. The van der Waals surface area contributed by atoms with E-state index < -0.39 is 0 Å². The second-order valence-electron chi connectivity index (χ2n) is 5.50. The summed E-state index contributed by atoms with van der Waals surface area (Å²) in [6.07, 6.45) is 5.53. The number of aromatic nitrogens is 1. The number of carbonyl (C=O) groups excluding carboxylic acids is 1. The van der Waals surface area contributed by atoms with E-state index in [1.165, 1.54) is 5.52 Å². The number of benzene rings is 2. The Morgan fingerprint density at radius 1 is 1.05 bits per heavy atom. The van der Waals surface area contributed by atoms with Crippen molar-refractivity contribution in [1.29, 1.82) is 0 Å². The van der Waals surface area contributed by atoms with Crippen LogP contribution in [0.5, 0.6) is 0 Å². The van der Waals surface area contributed by atoms with Crippen LogP contribution in [0.25, 0.3) is 17.0 Å². The van der Waals surface area contributed by atoms with Gasteiger partial charge in [-0.25, -0.2) is 4.57 Å². The minimum Gasteiger partial charge on any atom is -0.289 e. The highest BCUT2D eigenvalue weighted by atomic mass is 16.1. The quantitative estimate of drug-likeness (QED) is 0.407. The molecule has 1 heterocycles. The van der Waals surface area contributed by atoms with E-state index in [1.807, 2.05) is 62.6 Å². The lowest BCUT2D eigenvalue weighted by atomic mass is 10.1. The molecule has 0 spiro atoms. The van der Waals surface area contributed by atoms with Gasteiger partial charge in [0, 0.05) is 23.1 Å². The van der Waals surface area contributed by atoms with Gasteiger partial charge in [-0.1, -0.05) is 35.9 Å². The fraction of sp³-hybridized carbons (Fsp3) is 0.100. The molecule has 0 radical (unpaired) electrons. The maximum Gasteiger partial charge on any atom is 0.212 e. The average molecular weight is 288 g/mol. The summed E-state index contributed by atoms with van der Waals surface area (Å²) in [4.78, 5) is 12.2. The Labute approximate surface area is 130 Å². The SMILES string of the molecule is Cc1ccc(C(=O)/C=C/c2ccc3c(ccc[n+]3C)c2)cc1. The summed E-state index contributed by atoms with van der Waals surface area (Å²) >= 11 is 0. The van der Waals surface area contributed by atoms with Crippen molar-refractivity contribution in [2.45, 2.75) is 6.92 Å². The first kappa shape index (κ1) is 14.2. The van der Waals surface area contributed by atoms with Crippen molar-refractivity contribution >= 4 is 22.8 Å². The molecule has 1 aromatic heterocycles. The van der Waals surface area contributed by atoms with Crippen LogP contribution in [0.3, 0.4) is 0 Å². The summed E-state index contributed by atoms with van der Waals surface area (Å²) in [5, 5.41) is 1.16. The zero-order valence-corrected chi connectivity index (χ0v) is 12.8. The zero-order chi connectivity index (χ0) is 15.5. The van der Waals surface area contributed by atoms with E-state index in [9.17, 15) is 4.79 Å². The van der Waals surface area contributed by atoms with Crippen LogP contribution in [0.15, 0.2) is 66.9 Å². The molecule has 0 bridgehead atoms. The number of ketones is 1. The molecule has 0 atom stereocenters. The molecular formula is C20H18NO+. The number of hydrogen-bond acceptors (Lipinski definition) is 1. The zero-order valence-electron chi connectivity index (χ0n) is 12.8. The summed E-state index contributed by atoms with van der Waals surface area (Å²) in [5.41, 5.74) is 4.07. The minimum absolute atomic E-state index is 0.0266. The van der Waals surface area contributed by atoms with Crippen LogP contribution in [0.2, 0.25) is 0 Å². The maximum absolute atomic E-state index is 12.2. The van der Waals surface area contributed by atoms with Gasteiger partial charge in [-0.3, -0.25) is 4.79 Å². The molecule has 0 aliphatic carbocycles. The topological polar surface area (TPSA) is 20.9 Å². The Kier molecular flexibility index (Phi) is 3.84. The van der Waals surface area contributed by atoms with E-state index in [1.54, 1.807) is 6.08 Å². The molecule has 0 aliphatic rings. The third-order valence-electron chi connectivity index (χ3n) is 3.78. The molecule has 22 heavy (non-hydrogen) atoms. The molecule has 0 aliphatic heterocycles. The Hall–Kier alpha value is -2.74. The lowest BCUT2D eigenvalue weighted by Crippen LogP contribution is -2.27. The van der Waals surface area contributed by atoms with E-state index in [0.29, 0.717) is 5.56 Å². The van der Waals surface area contributed by atoms with Gasteiger partial charge in [0.15, 0.2) is 12.0 Å². The summed E-state index contributed by atoms with van der Waals surface area (Å²) in [5.74, 6) is 0.0266. The monoisotopic (exact) mass is 288 g/mol. The normalized spacial score (nSPS) is 11.2. The molecule has 108 valence electrons. The smallest absolute Gasteiger partial charge is 0.212 e. The second-order valence-corrected chi connectivity index (χ2v) is 5.50. The van der Waals surface area contributed by atoms with Crippen molar-refractivity contribution in [2.75, 3.05) is 0 Å². The van der Waals surface area contributed by atoms with Gasteiger partial charge in [0.1, 0.15) is 7.05 Å². The highest BCUT2D eigenvalue weighted by molar-refractivity contribution is 6.06. The molecule has 0 fully saturated rings. The number of rotatable bonds is 3. The van der Waals surface area contributed by atoms with Crippen molar-refractivity contribution in [2.24, 2.45) is 7.05 Å². The maximum atomic E-state index is 12.2. The van der Waals surface area contributed by atoms with Gasteiger partial charge in [-0.05, 0) is 36.8 Å². The van der Waals surface area contributed by atoms with Crippen LogP contribution in [0.1, 0.15) is 21.5 Å². The molecule has 3 rings (SSSR count). The summed E-state index contributed by atoms with van der Waals surface area (Å²) in [6.45, 7) is 2.01. The molecule has 3 aromatic rings. The Bertz CT molecular complexity index is 861. The molecule has 0 N–H and O–H groups in total. The van der Waals surface area contributed by atoms with Gasteiger partial charge in [0.05, 0.1) is 0 Å². The highest BCUT2D eigenvalue weighted by Gasteiger charge is 2.04. The van der Waals surface area contributed by atoms with Crippen molar-refractivity contribution in [3.63, 3.8) is 0 Å². The fourth-order valence-electron chi connectivity index (χ4n) is 2.47. The minimum atomic E-state index is 0.0266. The summed E-state index contributed by atoms with van der Waals surface area (Å²) in [6, 6.07) is 17.9. The number of hydrogen-bond donors (Lipinski definition) is 0. The van der Waals surface area contributed by atoms with Gasteiger partial charge in [0.2, 0.25) is 5.52 Å². The van der Waals surface area contributed by atoms with E-state index in [-0.39, 0.29) is 5.78 Å². The van der Waals surface area contributed by atoms with Crippen molar-refractivity contribution in [1.82, 2.24) is 0 Å². The van der Waals surface area contributed by atoms with Gasteiger partial charge in [-0.15, -0.1) is 0 Å². The fourth-order valence-corrected chi connectivity index (χ4v) is 2.47. The van der Waals surface area contributed by atoms with Gasteiger partial charge < -0.3 is 0 Å². The molecule has 0 amide bonds. The van der Waals surface area contributed by atoms with Crippen LogP contribution < -0.4 is 4.57 Å². The van der Waals surface area contributed by atoms with E-state index in [4.69, 9.17) is 0 Å². The van der Waals surface area contributed by atoms with Gasteiger partial charge in [0.25, 0.3) is 0 Å². The van der Waals surface area contributed by atoms with Crippen molar-refractivity contribution in [3.05, 3.63) is 83.6 Å². The van der Waals surface area contributed by atoms with E-state index in [0.717, 1.165) is 16.5 Å². The van der Waals surface area contributed by atoms with Crippen LogP contribution in [0, 0.1) is 6.92 Å². The number of aryl methyl sites for hydroxylation is 2. The third kappa shape index (κ3) is 2.96. The first-order valence-electron chi connectivity index (χ1n) is 7.31. The molecule has 2 aromatic carbocycles. The number of carbonyl (C=O) groups is 1. The largest absolute Gasteiger partial charge is 0.289 e. The van der Waals surface area contributed by atoms with Crippen LogP contribution in [0.4, 0.5) is 0 Å². The number of pyridine rings is 1. The number of fused-ring (bicyclic) bond motifs is 1. The molecule has 0 saturated heterocycles. The van der Waals surface area contributed by atoms with Crippen molar-refractivity contribution < 1.29 is 9.36 Å². The predicted molar refractivity (Wildman–Crippen MR) is 89.7 cm³/mol. The van der Waals surface area contributed by atoms with Crippen LogP contribution in [-0.4, -0.2) is 5.78 Å². The Balaban J connectivity index is 1.86. The summed E-state index contributed by atoms with van der Waals surface area (Å²) < 4.78 is 2.08. The van der Waals surface area contributed by atoms with Crippen LogP contribution in [-0.2, 0) is 7.05 Å². The van der Waals surface area contributed by atoms with E-state index >= 15 is 0 Å². The van der Waals surface area contributed by atoms with E-state index in [2.05, 4.69) is 22.8 Å². The average Bonchev–Trinajstić information content (AvgIpc) is 2.53. The van der Waals surface area contributed by atoms with Crippen LogP contribution >= 0.6 is 0 Å². The first-order valence-corrected chi connectivity index (χ1v) is 7.31. The predicted octanol–water partition coefficient (Wildman–Crippen LogP) is 3.87. The Morgan fingerprint density at radius 3 is 2.59 bits per heavy atom. The lowest BCUT2D eigenvalue weighted by molar-refractivity contribution is -0.644. The number of allylic oxidation sites excluding steroid dienone is 1. The first-order chi connectivity index (χ1) is 10.6. The highest BCUT2D eigenvalue weighted by Crippen LogP contribution is 2.14. The van der Waals surface area contributed by atoms with Gasteiger partial charge in [-0.2, -0.15) is 0 Å². The van der Waals surface area contributed by atoms with Crippen molar-refractivity contribution in [3.8, 4) is 0 Å².